The van der Waals surface area contributed by atoms with Crippen LogP contribution in [-0.2, 0) is 12.8 Å². The van der Waals surface area contributed by atoms with E-state index in [-0.39, 0.29) is 11.9 Å². The van der Waals surface area contributed by atoms with Gasteiger partial charge in [0.2, 0.25) is 0 Å². The van der Waals surface area contributed by atoms with E-state index in [1.54, 1.807) is 18.2 Å². The number of nitrogens with one attached hydrogen (secondary N) is 2. The van der Waals surface area contributed by atoms with Gasteiger partial charge in [-0.3, -0.25) is 4.79 Å². The summed E-state index contributed by atoms with van der Waals surface area (Å²) in [5, 5.41) is 3.06. The molecule has 1 aromatic heterocycles. The molecule has 21 heavy (non-hydrogen) atoms. The molecular formula is C16H18N4O. The Kier molecular flexibility index (Phi) is 3.83. The molecule has 4 N–H and O–H groups in total. The lowest BCUT2D eigenvalue weighted by atomic mass is 9.88. The van der Waals surface area contributed by atoms with Crippen LogP contribution in [0.3, 0.4) is 0 Å². The molecule has 0 saturated heterocycles. The van der Waals surface area contributed by atoms with Gasteiger partial charge in [0.1, 0.15) is 11.5 Å². The first-order valence-corrected chi connectivity index (χ1v) is 7.07. The first-order valence-electron chi connectivity index (χ1n) is 7.07. The number of hydrogen-bond donors (Lipinski definition) is 3. The second-order valence-electron chi connectivity index (χ2n) is 5.23. The van der Waals surface area contributed by atoms with E-state index in [0.717, 1.165) is 19.3 Å². The van der Waals surface area contributed by atoms with Crippen molar-refractivity contribution in [1.29, 1.82) is 0 Å². The number of carbonyl (C=O) groups excluding carboxylic acids is 1. The predicted octanol–water partition coefficient (Wildman–Crippen LogP) is 1.65. The minimum atomic E-state index is -0.156. The van der Waals surface area contributed by atoms with E-state index in [9.17, 15) is 4.79 Å². The molecule has 1 heterocycles. The largest absolute Gasteiger partial charge is 0.348 e. The van der Waals surface area contributed by atoms with Gasteiger partial charge in [0, 0.05) is 6.04 Å². The van der Waals surface area contributed by atoms with Crippen molar-refractivity contribution in [3.8, 4) is 0 Å². The first-order chi connectivity index (χ1) is 10.3. The van der Waals surface area contributed by atoms with E-state index < -0.39 is 0 Å². The molecule has 1 aromatic carbocycles. The maximum atomic E-state index is 12.3. The number of hydrogen-bond acceptors (Lipinski definition) is 4. The predicted molar refractivity (Wildman–Crippen MR) is 81.8 cm³/mol. The van der Waals surface area contributed by atoms with Crippen molar-refractivity contribution in [3.05, 3.63) is 59.3 Å². The van der Waals surface area contributed by atoms with E-state index >= 15 is 0 Å². The fourth-order valence-electron chi connectivity index (χ4n) is 2.72. The summed E-state index contributed by atoms with van der Waals surface area (Å²) in [5.74, 6) is 5.64. The zero-order chi connectivity index (χ0) is 14.7. The van der Waals surface area contributed by atoms with Crippen LogP contribution in [0.5, 0.6) is 0 Å². The van der Waals surface area contributed by atoms with E-state index in [1.807, 2.05) is 6.07 Å². The van der Waals surface area contributed by atoms with Gasteiger partial charge < -0.3 is 10.7 Å². The average molecular weight is 282 g/mol. The first kappa shape index (κ1) is 13.6. The third kappa shape index (κ3) is 3.03. The minimum Gasteiger partial charge on any atom is -0.348 e. The minimum absolute atomic E-state index is 0.156. The van der Waals surface area contributed by atoms with Crippen molar-refractivity contribution in [2.24, 2.45) is 5.84 Å². The highest BCUT2D eigenvalue weighted by atomic mass is 16.1. The summed E-state index contributed by atoms with van der Waals surface area (Å²) in [7, 11) is 0. The van der Waals surface area contributed by atoms with Crippen LogP contribution < -0.4 is 16.6 Å². The van der Waals surface area contributed by atoms with E-state index in [1.165, 1.54) is 11.1 Å². The van der Waals surface area contributed by atoms with Crippen LogP contribution in [0.2, 0.25) is 0 Å². The standard InChI is InChI=1S/C16H18N4O/c17-20-15-7-3-6-14(19-15)16(21)18-13-9-8-11-4-1-2-5-12(11)10-13/h1-7,13H,8-10,17H2,(H,18,21)(H,19,20). The van der Waals surface area contributed by atoms with Crippen molar-refractivity contribution in [3.63, 3.8) is 0 Å². The molecule has 0 radical (unpaired) electrons. The Bertz CT molecular complexity index is 656. The van der Waals surface area contributed by atoms with Crippen LogP contribution in [0.25, 0.3) is 0 Å². The van der Waals surface area contributed by atoms with Crippen molar-refractivity contribution < 1.29 is 4.79 Å². The highest BCUT2D eigenvalue weighted by Gasteiger charge is 2.20. The number of benzene rings is 1. The fourth-order valence-corrected chi connectivity index (χ4v) is 2.72. The van der Waals surface area contributed by atoms with Crippen LogP contribution in [0, 0.1) is 0 Å². The lowest BCUT2D eigenvalue weighted by Gasteiger charge is -2.25. The zero-order valence-electron chi connectivity index (χ0n) is 11.7. The molecule has 0 spiro atoms. The number of aromatic nitrogens is 1. The molecule has 1 aliphatic carbocycles. The van der Waals surface area contributed by atoms with Crippen LogP contribution >= 0.6 is 0 Å². The monoisotopic (exact) mass is 282 g/mol. The Morgan fingerprint density at radius 2 is 1.95 bits per heavy atom. The van der Waals surface area contributed by atoms with E-state index in [0.29, 0.717) is 11.5 Å². The molecule has 0 bridgehead atoms. The molecule has 0 aliphatic heterocycles. The van der Waals surface area contributed by atoms with Crippen molar-refractivity contribution in [2.45, 2.75) is 25.3 Å². The van der Waals surface area contributed by atoms with Crippen LogP contribution in [0.1, 0.15) is 28.0 Å². The molecule has 2 aromatic rings. The summed E-state index contributed by atoms with van der Waals surface area (Å²) in [6, 6.07) is 13.7. The number of nitrogens with two attached hydrogens (primary N) is 1. The van der Waals surface area contributed by atoms with Gasteiger partial charge >= 0.3 is 0 Å². The number of fused-ring (bicyclic) bond motifs is 1. The maximum absolute atomic E-state index is 12.3. The number of nitrogens with zero attached hydrogens (tertiary/aromatic N) is 1. The van der Waals surface area contributed by atoms with Gasteiger partial charge in [0.25, 0.3) is 5.91 Å². The molecule has 3 rings (SSSR count). The second kappa shape index (κ2) is 5.93. The van der Waals surface area contributed by atoms with Gasteiger partial charge in [-0.05, 0) is 42.5 Å². The van der Waals surface area contributed by atoms with Crippen molar-refractivity contribution >= 4 is 11.7 Å². The van der Waals surface area contributed by atoms with Gasteiger partial charge in [0.05, 0.1) is 0 Å². The third-order valence-electron chi connectivity index (χ3n) is 3.81. The quantitative estimate of drug-likeness (QED) is 0.591. The number of hydrazine groups is 1. The fraction of sp³-hybridized carbons (Fsp3) is 0.250. The van der Waals surface area contributed by atoms with Crippen LogP contribution in [0.4, 0.5) is 5.82 Å². The molecule has 0 saturated carbocycles. The molecule has 1 atom stereocenters. The number of amides is 1. The van der Waals surface area contributed by atoms with Crippen molar-refractivity contribution in [2.75, 3.05) is 5.43 Å². The molecular weight excluding hydrogens is 264 g/mol. The number of nitrogen functional groups attached to an aromatic ring is 1. The summed E-state index contributed by atoms with van der Waals surface area (Å²) in [4.78, 5) is 16.4. The summed E-state index contributed by atoms with van der Waals surface area (Å²) in [6.45, 7) is 0. The SMILES string of the molecule is NNc1cccc(C(=O)NC2CCc3ccccc3C2)n1. The molecule has 5 nitrogen and oxygen atoms in total. The molecule has 5 heteroatoms. The van der Waals surface area contributed by atoms with Gasteiger partial charge in [-0.1, -0.05) is 30.3 Å². The number of aryl methyl sites for hydroxylation is 1. The van der Waals surface area contributed by atoms with Gasteiger partial charge in [-0.15, -0.1) is 0 Å². The summed E-state index contributed by atoms with van der Waals surface area (Å²) >= 11 is 0. The lowest BCUT2D eigenvalue weighted by Crippen LogP contribution is -2.39. The Morgan fingerprint density at radius 1 is 1.14 bits per heavy atom. The summed E-state index contributed by atoms with van der Waals surface area (Å²) in [6.07, 6.45) is 2.83. The number of pyridine rings is 1. The average Bonchev–Trinajstić information content (AvgIpc) is 2.54. The molecule has 1 unspecified atom stereocenters. The topological polar surface area (TPSA) is 80.0 Å². The van der Waals surface area contributed by atoms with Gasteiger partial charge in [-0.25, -0.2) is 10.8 Å². The summed E-state index contributed by atoms with van der Waals surface area (Å²) in [5.41, 5.74) is 5.53. The highest BCUT2D eigenvalue weighted by Crippen LogP contribution is 2.21. The third-order valence-corrected chi connectivity index (χ3v) is 3.81. The Hall–Kier alpha value is -2.40. The number of anilines is 1. The van der Waals surface area contributed by atoms with Gasteiger partial charge in [-0.2, -0.15) is 0 Å². The lowest BCUT2D eigenvalue weighted by molar-refractivity contribution is 0.0928. The number of carbonyl (C=O) groups is 1. The number of rotatable bonds is 3. The maximum Gasteiger partial charge on any atom is 0.270 e. The van der Waals surface area contributed by atoms with Gasteiger partial charge in [0.15, 0.2) is 0 Å². The molecule has 108 valence electrons. The van der Waals surface area contributed by atoms with E-state index in [2.05, 4.69) is 33.9 Å². The zero-order valence-corrected chi connectivity index (χ0v) is 11.7. The van der Waals surface area contributed by atoms with E-state index in [4.69, 9.17) is 5.84 Å². The van der Waals surface area contributed by atoms with Crippen LogP contribution in [0.15, 0.2) is 42.5 Å². The van der Waals surface area contributed by atoms with Crippen molar-refractivity contribution in [1.82, 2.24) is 10.3 Å². The highest BCUT2D eigenvalue weighted by molar-refractivity contribution is 5.92. The Balaban J connectivity index is 1.68. The van der Waals surface area contributed by atoms with Crippen LogP contribution in [-0.4, -0.2) is 16.9 Å². The molecule has 1 amide bonds. The molecule has 1 aliphatic rings. The Labute approximate surface area is 123 Å². The molecule has 0 fully saturated rings. The second-order valence-corrected chi connectivity index (χ2v) is 5.23. The Morgan fingerprint density at radius 3 is 2.76 bits per heavy atom. The smallest absolute Gasteiger partial charge is 0.270 e. The normalized spacial score (nSPS) is 16.9. The summed E-state index contributed by atoms with van der Waals surface area (Å²) < 4.78 is 0.